The summed E-state index contributed by atoms with van der Waals surface area (Å²) in [5, 5.41) is 5.16. The summed E-state index contributed by atoms with van der Waals surface area (Å²) < 4.78 is 5.10. The summed E-state index contributed by atoms with van der Waals surface area (Å²) in [6, 6.07) is 13.1. The normalized spacial score (nSPS) is 10.7. The molecule has 0 fully saturated rings. The van der Waals surface area contributed by atoms with Crippen LogP contribution in [0.2, 0.25) is 0 Å². The van der Waals surface area contributed by atoms with Crippen LogP contribution in [0, 0.1) is 0 Å². The number of ether oxygens (including phenoxy) is 1. The number of carbonyl (C=O) groups is 1. The van der Waals surface area contributed by atoms with Crippen molar-refractivity contribution in [2.45, 2.75) is 0 Å². The monoisotopic (exact) mass is 337 g/mol. The SMILES string of the molecule is COc1ccc(/C=C/C(=O)Nc2nc(-c3ccccn3)cs2)cc1. The number of methoxy groups -OCH3 is 1. The number of nitrogens with zero attached hydrogens (tertiary/aromatic N) is 2. The molecule has 6 heteroatoms. The lowest BCUT2D eigenvalue weighted by atomic mass is 10.2. The largest absolute Gasteiger partial charge is 0.497 e. The van der Waals surface area contributed by atoms with Crippen molar-refractivity contribution in [1.82, 2.24) is 9.97 Å². The van der Waals surface area contributed by atoms with Gasteiger partial charge >= 0.3 is 0 Å². The van der Waals surface area contributed by atoms with Crippen molar-refractivity contribution >= 4 is 28.5 Å². The molecule has 0 bridgehead atoms. The van der Waals surface area contributed by atoms with Crippen molar-refractivity contribution in [1.29, 1.82) is 0 Å². The second-order valence-electron chi connectivity index (χ2n) is 4.85. The van der Waals surface area contributed by atoms with Gasteiger partial charge in [-0.1, -0.05) is 18.2 Å². The van der Waals surface area contributed by atoms with E-state index in [9.17, 15) is 4.79 Å². The molecule has 0 aliphatic carbocycles. The summed E-state index contributed by atoms with van der Waals surface area (Å²) in [5.74, 6) is 0.550. The van der Waals surface area contributed by atoms with Crippen molar-refractivity contribution < 1.29 is 9.53 Å². The van der Waals surface area contributed by atoms with Gasteiger partial charge in [-0.25, -0.2) is 4.98 Å². The number of nitrogens with one attached hydrogen (secondary N) is 1. The molecule has 0 unspecified atom stereocenters. The number of hydrogen-bond acceptors (Lipinski definition) is 5. The second-order valence-corrected chi connectivity index (χ2v) is 5.71. The highest BCUT2D eigenvalue weighted by atomic mass is 32.1. The number of pyridine rings is 1. The van der Waals surface area contributed by atoms with E-state index in [0.717, 1.165) is 22.7 Å². The predicted octanol–water partition coefficient (Wildman–Crippen LogP) is 3.87. The average Bonchev–Trinajstić information content (AvgIpc) is 3.09. The van der Waals surface area contributed by atoms with Gasteiger partial charge in [-0.2, -0.15) is 0 Å². The van der Waals surface area contributed by atoms with Gasteiger partial charge in [-0.3, -0.25) is 15.1 Å². The van der Waals surface area contributed by atoms with Crippen molar-refractivity contribution in [3.8, 4) is 17.1 Å². The third-order valence-corrected chi connectivity index (χ3v) is 3.96. The lowest BCUT2D eigenvalue weighted by molar-refractivity contribution is -0.111. The minimum Gasteiger partial charge on any atom is -0.497 e. The molecule has 0 saturated heterocycles. The zero-order chi connectivity index (χ0) is 16.8. The number of thiazole rings is 1. The van der Waals surface area contributed by atoms with Gasteiger partial charge in [0.2, 0.25) is 5.91 Å². The Hall–Kier alpha value is -2.99. The predicted molar refractivity (Wildman–Crippen MR) is 96.0 cm³/mol. The van der Waals surface area contributed by atoms with E-state index in [2.05, 4.69) is 15.3 Å². The number of benzene rings is 1. The quantitative estimate of drug-likeness (QED) is 0.718. The van der Waals surface area contributed by atoms with E-state index in [-0.39, 0.29) is 5.91 Å². The highest BCUT2D eigenvalue weighted by Crippen LogP contribution is 2.23. The van der Waals surface area contributed by atoms with Gasteiger partial charge in [0.25, 0.3) is 0 Å². The highest BCUT2D eigenvalue weighted by Gasteiger charge is 2.06. The molecule has 24 heavy (non-hydrogen) atoms. The minimum atomic E-state index is -0.229. The first kappa shape index (κ1) is 15.9. The van der Waals surface area contributed by atoms with Crippen LogP contribution in [0.4, 0.5) is 5.13 Å². The molecule has 0 saturated carbocycles. The molecular weight excluding hydrogens is 322 g/mol. The Morgan fingerprint density at radius 1 is 1.17 bits per heavy atom. The fraction of sp³-hybridized carbons (Fsp3) is 0.0556. The van der Waals surface area contributed by atoms with Gasteiger partial charge in [0.1, 0.15) is 11.4 Å². The number of rotatable bonds is 5. The van der Waals surface area contributed by atoms with E-state index in [1.54, 1.807) is 19.4 Å². The molecule has 2 aromatic heterocycles. The Bertz CT molecular complexity index is 842. The minimum absolute atomic E-state index is 0.229. The molecule has 0 aliphatic heterocycles. The fourth-order valence-electron chi connectivity index (χ4n) is 2.00. The van der Waals surface area contributed by atoms with E-state index in [1.165, 1.54) is 17.4 Å². The van der Waals surface area contributed by atoms with Crippen LogP contribution in [-0.2, 0) is 4.79 Å². The summed E-state index contributed by atoms with van der Waals surface area (Å²) in [4.78, 5) is 20.6. The van der Waals surface area contributed by atoms with Crippen molar-refractivity contribution in [3.05, 3.63) is 65.7 Å². The van der Waals surface area contributed by atoms with Crippen molar-refractivity contribution in [2.75, 3.05) is 12.4 Å². The van der Waals surface area contributed by atoms with Gasteiger partial charge in [0.05, 0.1) is 12.8 Å². The van der Waals surface area contributed by atoms with Gasteiger partial charge in [-0.15, -0.1) is 11.3 Å². The Morgan fingerprint density at radius 2 is 2.00 bits per heavy atom. The molecular formula is C18H15N3O2S. The first-order chi connectivity index (χ1) is 11.7. The topological polar surface area (TPSA) is 64.1 Å². The van der Waals surface area contributed by atoms with Crippen LogP contribution < -0.4 is 10.1 Å². The highest BCUT2D eigenvalue weighted by molar-refractivity contribution is 7.14. The molecule has 0 spiro atoms. The first-order valence-corrected chi connectivity index (χ1v) is 8.12. The molecule has 1 N–H and O–H groups in total. The fourth-order valence-corrected chi connectivity index (χ4v) is 2.70. The zero-order valence-corrected chi connectivity index (χ0v) is 13.8. The molecule has 3 aromatic rings. The Kier molecular flexibility index (Phi) is 4.98. The third-order valence-electron chi connectivity index (χ3n) is 3.20. The maximum atomic E-state index is 12.0. The maximum absolute atomic E-state index is 12.0. The molecule has 0 atom stereocenters. The van der Waals surface area contributed by atoms with Gasteiger partial charge in [0.15, 0.2) is 5.13 Å². The van der Waals surface area contributed by atoms with Crippen LogP contribution in [0.1, 0.15) is 5.56 Å². The zero-order valence-electron chi connectivity index (χ0n) is 13.0. The summed E-state index contributed by atoms with van der Waals surface area (Å²) in [7, 11) is 1.62. The van der Waals surface area contributed by atoms with Crippen LogP contribution in [0.3, 0.4) is 0 Å². The van der Waals surface area contributed by atoms with Crippen LogP contribution in [-0.4, -0.2) is 23.0 Å². The molecule has 1 aromatic carbocycles. The number of carbonyl (C=O) groups excluding carboxylic acids is 1. The summed E-state index contributed by atoms with van der Waals surface area (Å²) >= 11 is 1.37. The molecule has 1 amide bonds. The van der Waals surface area contributed by atoms with Gasteiger partial charge in [0, 0.05) is 17.7 Å². The van der Waals surface area contributed by atoms with E-state index >= 15 is 0 Å². The first-order valence-electron chi connectivity index (χ1n) is 7.24. The van der Waals surface area contributed by atoms with Crippen LogP contribution in [0.5, 0.6) is 5.75 Å². The lowest BCUT2D eigenvalue weighted by Gasteiger charge is -1.99. The van der Waals surface area contributed by atoms with Crippen LogP contribution in [0.15, 0.2) is 60.1 Å². The Morgan fingerprint density at radius 3 is 2.71 bits per heavy atom. The van der Waals surface area contributed by atoms with Crippen molar-refractivity contribution in [2.24, 2.45) is 0 Å². The molecule has 0 radical (unpaired) electrons. The number of anilines is 1. The van der Waals surface area contributed by atoms with Crippen LogP contribution >= 0.6 is 11.3 Å². The van der Waals surface area contributed by atoms with E-state index in [4.69, 9.17) is 4.74 Å². The van der Waals surface area contributed by atoms with E-state index in [1.807, 2.05) is 47.8 Å². The number of aromatic nitrogens is 2. The molecule has 3 rings (SSSR count). The van der Waals surface area contributed by atoms with Gasteiger partial charge < -0.3 is 4.74 Å². The Labute approximate surface area is 143 Å². The summed E-state index contributed by atoms with van der Waals surface area (Å²) in [5.41, 5.74) is 2.44. The standard InChI is InChI=1S/C18H15N3O2S/c1-23-14-8-5-13(6-9-14)7-10-17(22)21-18-20-16(12-24-18)15-4-2-3-11-19-15/h2-12H,1H3,(H,20,21,22)/b10-7+. The molecule has 120 valence electrons. The van der Waals surface area contributed by atoms with E-state index in [0.29, 0.717) is 5.13 Å². The second kappa shape index (κ2) is 7.52. The average molecular weight is 337 g/mol. The lowest BCUT2D eigenvalue weighted by Crippen LogP contribution is -2.07. The van der Waals surface area contributed by atoms with E-state index < -0.39 is 0 Å². The summed E-state index contributed by atoms with van der Waals surface area (Å²) in [6.07, 6.45) is 4.93. The third kappa shape index (κ3) is 4.05. The Balaban J connectivity index is 1.62. The van der Waals surface area contributed by atoms with Gasteiger partial charge in [-0.05, 0) is 35.9 Å². The maximum Gasteiger partial charge on any atom is 0.250 e. The van der Waals surface area contributed by atoms with Crippen molar-refractivity contribution in [3.63, 3.8) is 0 Å². The van der Waals surface area contributed by atoms with Crippen LogP contribution in [0.25, 0.3) is 17.5 Å². The molecule has 5 nitrogen and oxygen atoms in total. The summed E-state index contributed by atoms with van der Waals surface area (Å²) in [6.45, 7) is 0. The number of amides is 1. The number of hydrogen-bond donors (Lipinski definition) is 1. The smallest absolute Gasteiger partial charge is 0.250 e. The molecule has 0 aliphatic rings. The molecule has 2 heterocycles.